The summed E-state index contributed by atoms with van der Waals surface area (Å²) in [5.41, 5.74) is 0. The summed E-state index contributed by atoms with van der Waals surface area (Å²) in [5.74, 6) is 0. The van der Waals surface area contributed by atoms with E-state index < -0.39 is 7.82 Å². The van der Waals surface area contributed by atoms with Crippen molar-refractivity contribution in [3.8, 4) is 0 Å². The molecule has 0 spiro atoms. The van der Waals surface area contributed by atoms with E-state index in [1.165, 1.54) is 0 Å². The summed E-state index contributed by atoms with van der Waals surface area (Å²) >= 11 is 0. The van der Waals surface area contributed by atoms with Crippen molar-refractivity contribution in [1.82, 2.24) is 0 Å². The van der Waals surface area contributed by atoms with Gasteiger partial charge in [0.25, 0.3) is 0 Å². The molecule has 0 atom stereocenters. The molecule has 1 radical (unpaired) electrons. The van der Waals surface area contributed by atoms with Crippen LogP contribution in [0.1, 0.15) is 0 Å². The molecule has 3 N–H and O–H groups in total. The third kappa shape index (κ3) is 63.6. The van der Waals surface area contributed by atoms with E-state index in [2.05, 4.69) is 0 Å². The van der Waals surface area contributed by atoms with Crippen LogP contribution in [0.5, 0.6) is 0 Å². The Morgan fingerprint density at radius 2 is 1.14 bits per heavy atom. The van der Waals surface area contributed by atoms with Gasteiger partial charge in [-0.05, 0) is 0 Å². The molecule has 0 amide bonds. The first-order chi connectivity index (χ1) is 2.00. The van der Waals surface area contributed by atoms with Gasteiger partial charge in [-0.15, -0.1) is 0 Å². The molecular formula is H4CoKO4P. The Kier molecular flexibility index (Phi) is 14.7. The first-order valence-electron chi connectivity index (χ1n) is 0.783. The molecule has 0 aromatic rings. The molecule has 0 saturated carbocycles. The quantitative estimate of drug-likeness (QED) is 0.323. The Morgan fingerprint density at radius 1 is 1.14 bits per heavy atom. The molecule has 0 aliphatic rings. The molecule has 0 rings (SSSR count). The van der Waals surface area contributed by atoms with Crippen molar-refractivity contribution in [2.45, 2.75) is 0 Å². The number of hydrogen-bond donors (Lipinski definition) is 3. The molecule has 0 aromatic carbocycles. The predicted molar refractivity (Wildman–Crippen MR) is 21.4 cm³/mol. The van der Waals surface area contributed by atoms with Gasteiger partial charge in [0, 0.05) is 16.8 Å². The van der Waals surface area contributed by atoms with Gasteiger partial charge in [0.2, 0.25) is 0 Å². The Labute approximate surface area is 93.5 Å². The van der Waals surface area contributed by atoms with Crippen LogP contribution in [-0.4, -0.2) is 66.1 Å². The van der Waals surface area contributed by atoms with Gasteiger partial charge >= 0.3 is 59.2 Å². The fraction of sp³-hybridized carbons (Fsp3) is 0. The van der Waals surface area contributed by atoms with Crippen molar-refractivity contribution in [2.24, 2.45) is 0 Å². The molecule has 0 heterocycles. The fourth-order valence-corrected chi connectivity index (χ4v) is 0. The van der Waals surface area contributed by atoms with Crippen LogP contribution in [0.15, 0.2) is 0 Å². The monoisotopic (exact) mass is 197 g/mol. The van der Waals surface area contributed by atoms with Crippen LogP contribution in [0.4, 0.5) is 0 Å². The second kappa shape index (κ2) is 6.37. The van der Waals surface area contributed by atoms with Gasteiger partial charge in [-0.2, -0.15) is 0 Å². The van der Waals surface area contributed by atoms with E-state index in [9.17, 15) is 0 Å². The first kappa shape index (κ1) is 16.1. The third-order valence-corrected chi connectivity index (χ3v) is 0. The molecule has 0 saturated heterocycles. The summed E-state index contributed by atoms with van der Waals surface area (Å²) in [6.07, 6.45) is 0. The molecule has 0 bridgehead atoms. The van der Waals surface area contributed by atoms with Crippen LogP contribution in [-0.2, 0) is 21.3 Å². The van der Waals surface area contributed by atoms with E-state index in [0.29, 0.717) is 0 Å². The van der Waals surface area contributed by atoms with Crippen molar-refractivity contribution < 1.29 is 36.0 Å². The van der Waals surface area contributed by atoms with Crippen LogP contribution in [0.3, 0.4) is 0 Å². The third-order valence-electron chi connectivity index (χ3n) is 0. The summed E-state index contributed by atoms with van der Waals surface area (Å²) in [7, 11) is -4.64. The van der Waals surface area contributed by atoms with Crippen molar-refractivity contribution in [3.63, 3.8) is 0 Å². The zero-order chi connectivity index (χ0) is 4.50. The van der Waals surface area contributed by atoms with Crippen molar-refractivity contribution >= 4 is 59.2 Å². The average molecular weight is 197 g/mol. The van der Waals surface area contributed by atoms with E-state index >= 15 is 0 Å². The van der Waals surface area contributed by atoms with Gasteiger partial charge in [-0.3, -0.25) is 0 Å². The topological polar surface area (TPSA) is 77.8 Å². The van der Waals surface area contributed by atoms with Gasteiger partial charge in [-0.25, -0.2) is 4.57 Å². The van der Waals surface area contributed by atoms with Gasteiger partial charge in [-0.1, -0.05) is 0 Å². The minimum atomic E-state index is -4.64. The first-order valence-corrected chi connectivity index (χ1v) is 2.35. The summed E-state index contributed by atoms with van der Waals surface area (Å²) in [5, 5.41) is 0. The SMILES string of the molecule is O=P(O)(O)O.[Co].[KH]. The molecule has 7 heavy (non-hydrogen) atoms. The molecule has 0 fully saturated rings. The Bertz CT molecular complexity index is 57.8. The number of hydrogen-bond acceptors (Lipinski definition) is 1. The second-order valence-electron chi connectivity index (χ2n) is 0.513. The number of rotatable bonds is 0. The Morgan fingerprint density at radius 3 is 1.14 bits per heavy atom. The van der Waals surface area contributed by atoms with Gasteiger partial charge in [0.15, 0.2) is 0 Å². The molecular weight excluding hydrogens is 193 g/mol. The molecule has 7 heteroatoms. The van der Waals surface area contributed by atoms with E-state index in [0.717, 1.165) is 0 Å². The van der Waals surface area contributed by atoms with Crippen molar-refractivity contribution in [2.75, 3.05) is 0 Å². The van der Waals surface area contributed by atoms with Crippen molar-refractivity contribution in [3.05, 3.63) is 0 Å². The van der Waals surface area contributed by atoms with Gasteiger partial charge < -0.3 is 14.7 Å². The summed E-state index contributed by atoms with van der Waals surface area (Å²) in [6, 6.07) is 0. The van der Waals surface area contributed by atoms with Crippen LogP contribution < -0.4 is 0 Å². The molecule has 0 aromatic heterocycles. The standard InChI is InChI=1S/Co.K.H3O4P.H/c;;1-5(2,3)4;/h;;(H3,1,2,3,4);. The molecule has 0 unspecified atom stereocenters. The van der Waals surface area contributed by atoms with Crippen molar-refractivity contribution in [1.29, 1.82) is 0 Å². The Hall–Kier alpha value is 2.25. The van der Waals surface area contributed by atoms with Gasteiger partial charge in [0.05, 0.1) is 0 Å². The van der Waals surface area contributed by atoms with Gasteiger partial charge in [0.1, 0.15) is 0 Å². The average Bonchev–Trinajstić information content (AvgIpc) is 0.722. The summed E-state index contributed by atoms with van der Waals surface area (Å²) in [6.45, 7) is 0. The van der Waals surface area contributed by atoms with E-state index in [-0.39, 0.29) is 68.2 Å². The zero-order valence-corrected chi connectivity index (χ0v) is 4.47. The minimum absolute atomic E-state index is 0. The van der Waals surface area contributed by atoms with Crippen LogP contribution >= 0.6 is 7.82 Å². The second-order valence-corrected chi connectivity index (χ2v) is 1.54. The molecule has 43 valence electrons. The predicted octanol–water partition coefficient (Wildman–Crippen LogP) is -1.58. The van der Waals surface area contributed by atoms with Crippen LogP contribution in [0.2, 0.25) is 0 Å². The van der Waals surface area contributed by atoms with E-state index in [1.807, 2.05) is 0 Å². The van der Waals surface area contributed by atoms with Crippen LogP contribution in [0, 0.1) is 0 Å². The summed E-state index contributed by atoms with van der Waals surface area (Å²) in [4.78, 5) is 21.6. The fourth-order valence-electron chi connectivity index (χ4n) is 0. The normalized spacial score (nSPS) is 8.43. The maximum absolute atomic E-state index is 8.88. The zero-order valence-electron chi connectivity index (χ0n) is 2.53. The molecule has 0 aliphatic heterocycles. The van der Waals surface area contributed by atoms with E-state index in [1.54, 1.807) is 0 Å². The number of phosphoric acid groups is 1. The molecule has 0 aliphatic carbocycles. The maximum atomic E-state index is 8.88. The van der Waals surface area contributed by atoms with Crippen LogP contribution in [0.25, 0.3) is 0 Å². The Balaban J connectivity index is -0.0000000800. The summed E-state index contributed by atoms with van der Waals surface area (Å²) < 4.78 is 8.88. The molecule has 4 nitrogen and oxygen atoms in total. The van der Waals surface area contributed by atoms with E-state index in [4.69, 9.17) is 19.2 Å².